The van der Waals surface area contributed by atoms with Gasteiger partial charge in [-0.05, 0) is 51.4 Å². The smallest absolute Gasteiger partial charge is 0.306 e. The van der Waals surface area contributed by atoms with Crippen LogP contribution in [0, 0.1) is 0 Å². The highest BCUT2D eigenvalue weighted by Crippen LogP contribution is 2.26. The summed E-state index contributed by atoms with van der Waals surface area (Å²) in [4.78, 5) is 26.6. The number of rotatable bonds is 57. The molecule has 454 valence electrons. The largest absolute Gasteiger partial charge is 0.454 e. The van der Waals surface area contributed by atoms with Gasteiger partial charge in [0.15, 0.2) is 12.4 Å². The molecular formula is C66H125NO10. The maximum Gasteiger partial charge on any atom is 0.306 e. The van der Waals surface area contributed by atoms with Gasteiger partial charge in [-0.2, -0.15) is 0 Å². The third kappa shape index (κ3) is 42.6. The van der Waals surface area contributed by atoms with Gasteiger partial charge in [0.2, 0.25) is 5.91 Å². The average Bonchev–Trinajstić information content (AvgIpc) is 3.43. The number of aliphatic hydroxyl groups excluding tert-OH is 5. The van der Waals surface area contributed by atoms with Gasteiger partial charge in [-0.3, -0.25) is 9.59 Å². The number of hydrogen-bond donors (Lipinski definition) is 6. The highest BCUT2D eigenvalue weighted by Gasteiger charge is 2.47. The summed E-state index contributed by atoms with van der Waals surface area (Å²) in [5.41, 5.74) is 0. The van der Waals surface area contributed by atoms with Crippen LogP contribution >= 0.6 is 0 Å². The van der Waals surface area contributed by atoms with E-state index in [0.29, 0.717) is 12.8 Å². The Morgan fingerprint density at radius 3 is 1.26 bits per heavy atom. The van der Waals surface area contributed by atoms with Crippen LogP contribution in [0.15, 0.2) is 24.3 Å². The molecule has 1 rings (SSSR count). The molecule has 1 aliphatic heterocycles. The molecule has 0 aromatic heterocycles. The second-order valence-corrected chi connectivity index (χ2v) is 23.2. The van der Waals surface area contributed by atoms with Crippen molar-refractivity contribution >= 4 is 11.9 Å². The second-order valence-electron chi connectivity index (χ2n) is 23.2. The Hall–Kier alpha value is -1.86. The van der Waals surface area contributed by atoms with Crippen molar-refractivity contribution in [2.75, 3.05) is 13.2 Å². The summed E-state index contributed by atoms with van der Waals surface area (Å²) in [6.45, 7) is 5.82. The predicted octanol–water partition coefficient (Wildman–Crippen LogP) is 16.1. The topological polar surface area (TPSA) is 175 Å². The van der Waals surface area contributed by atoms with Crippen molar-refractivity contribution in [3.05, 3.63) is 24.3 Å². The minimum atomic E-state index is -1.61. The molecule has 1 aliphatic rings. The van der Waals surface area contributed by atoms with E-state index in [2.05, 4.69) is 38.2 Å². The third-order valence-corrected chi connectivity index (χ3v) is 15.9. The number of aliphatic hydroxyl groups is 5. The zero-order valence-electron chi connectivity index (χ0n) is 50.4. The third-order valence-electron chi connectivity index (χ3n) is 15.9. The van der Waals surface area contributed by atoms with Crippen LogP contribution in [0.5, 0.6) is 0 Å². The lowest BCUT2D eigenvalue weighted by molar-refractivity contribution is -0.305. The first kappa shape index (κ1) is 73.2. The summed E-state index contributed by atoms with van der Waals surface area (Å²) >= 11 is 0. The van der Waals surface area contributed by atoms with E-state index in [9.17, 15) is 35.1 Å². The SMILES string of the molecule is CCCCCCCC/C=C/CCCCCCCCC(O)C(=O)NC(COC1OC(CO)C(O)C(O)C1OC(=O)CCCCCCCCCCCCCCCCCCCCCCC)C(O)/C=C/CCCCCCCCCCC. The molecule has 1 heterocycles. The Labute approximate surface area is 473 Å². The van der Waals surface area contributed by atoms with E-state index in [-0.39, 0.29) is 19.4 Å². The number of amides is 1. The molecule has 1 saturated heterocycles. The van der Waals surface area contributed by atoms with E-state index in [1.165, 1.54) is 205 Å². The minimum Gasteiger partial charge on any atom is -0.454 e. The summed E-state index contributed by atoms with van der Waals surface area (Å²) in [6.07, 6.45) is 53.6. The standard InChI is InChI=1S/C66H125NO10/c1-4-7-10-13-16-19-22-24-26-28-29-30-31-32-34-36-39-42-45-48-51-54-61(71)77-64-63(73)62(72)60(55-68)76-66(64)75-56-57(58(69)52-49-46-43-40-37-21-18-15-12-9-6-3)67-65(74)59(70)53-50-47-44-41-38-35-33-27-25-23-20-17-14-11-8-5-2/h25,27,49,52,57-60,62-64,66,68-70,72-73H,4-24,26,28-48,50-51,53-56H2,1-3H3,(H,67,74)/b27-25+,52-49+. The van der Waals surface area contributed by atoms with E-state index in [1.807, 2.05) is 6.08 Å². The lowest BCUT2D eigenvalue weighted by atomic mass is 9.99. The Morgan fingerprint density at radius 1 is 0.494 bits per heavy atom. The number of allylic oxidation sites excluding steroid dienone is 3. The molecule has 0 bridgehead atoms. The fourth-order valence-electron chi connectivity index (χ4n) is 10.6. The van der Waals surface area contributed by atoms with Gasteiger partial charge in [0.05, 0.1) is 25.4 Å². The molecule has 11 nitrogen and oxygen atoms in total. The first-order valence-electron chi connectivity index (χ1n) is 33.1. The zero-order valence-corrected chi connectivity index (χ0v) is 50.4. The fraction of sp³-hybridized carbons (Fsp3) is 0.909. The van der Waals surface area contributed by atoms with Crippen LogP contribution in [0.1, 0.15) is 323 Å². The van der Waals surface area contributed by atoms with Crippen LogP contribution in [0.2, 0.25) is 0 Å². The van der Waals surface area contributed by atoms with Gasteiger partial charge in [-0.25, -0.2) is 0 Å². The summed E-state index contributed by atoms with van der Waals surface area (Å²) in [5, 5.41) is 57.0. The van der Waals surface area contributed by atoms with Gasteiger partial charge in [0, 0.05) is 6.42 Å². The van der Waals surface area contributed by atoms with Gasteiger partial charge in [-0.15, -0.1) is 0 Å². The number of esters is 1. The number of nitrogens with one attached hydrogen (secondary N) is 1. The highest BCUT2D eigenvalue weighted by atomic mass is 16.7. The van der Waals surface area contributed by atoms with Crippen LogP contribution < -0.4 is 5.32 Å². The van der Waals surface area contributed by atoms with Gasteiger partial charge >= 0.3 is 5.97 Å². The Kier molecular flexibility index (Phi) is 52.0. The van der Waals surface area contributed by atoms with Crippen molar-refractivity contribution in [2.24, 2.45) is 0 Å². The first-order valence-corrected chi connectivity index (χ1v) is 33.1. The molecule has 0 aromatic carbocycles. The van der Waals surface area contributed by atoms with E-state index in [0.717, 1.165) is 70.6 Å². The highest BCUT2D eigenvalue weighted by molar-refractivity contribution is 5.80. The molecule has 0 aliphatic carbocycles. The van der Waals surface area contributed by atoms with Crippen LogP contribution in [0.25, 0.3) is 0 Å². The lowest BCUT2D eigenvalue weighted by Crippen LogP contribution is -2.61. The van der Waals surface area contributed by atoms with Crippen LogP contribution in [-0.2, 0) is 23.8 Å². The molecule has 6 N–H and O–H groups in total. The first-order chi connectivity index (χ1) is 37.7. The minimum absolute atomic E-state index is 0.130. The molecule has 0 spiro atoms. The molecule has 11 heteroatoms. The van der Waals surface area contributed by atoms with Crippen molar-refractivity contribution in [2.45, 2.75) is 372 Å². The Morgan fingerprint density at radius 2 is 0.857 bits per heavy atom. The fourth-order valence-corrected chi connectivity index (χ4v) is 10.6. The molecule has 8 atom stereocenters. The lowest BCUT2D eigenvalue weighted by Gasteiger charge is -2.41. The van der Waals surface area contributed by atoms with E-state index >= 15 is 0 Å². The maximum atomic E-state index is 13.4. The number of carbonyl (C=O) groups excluding carboxylic acids is 2. The predicted molar refractivity (Wildman–Crippen MR) is 320 cm³/mol. The number of carbonyl (C=O) groups is 2. The van der Waals surface area contributed by atoms with Crippen molar-refractivity contribution < 1.29 is 49.3 Å². The molecule has 0 radical (unpaired) electrons. The molecule has 77 heavy (non-hydrogen) atoms. The molecule has 0 aromatic rings. The molecular weight excluding hydrogens is 967 g/mol. The van der Waals surface area contributed by atoms with E-state index in [4.69, 9.17) is 14.2 Å². The number of hydrogen-bond acceptors (Lipinski definition) is 10. The van der Waals surface area contributed by atoms with Crippen LogP contribution in [-0.4, -0.2) is 99.6 Å². The summed E-state index contributed by atoms with van der Waals surface area (Å²) in [6, 6.07) is -1.02. The monoisotopic (exact) mass is 1090 g/mol. The van der Waals surface area contributed by atoms with Gasteiger partial charge in [0.1, 0.15) is 24.4 Å². The van der Waals surface area contributed by atoms with Gasteiger partial charge in [0.25, 0.3) is 0 Å². The van der Waals surface area contributed by atoms with Crippen LogP contribution in [0.4, 0.5) is 0 Å². The van der Waals surface area contributed by atoms with Crippen molar-refractivity contribution in [1.29, 1.82) is 0 Å². The van der Waals surface area contributed by atoms with Crippen LogP contribution in [0.3, 0.4) is 0 Å². The Balaban J connectivity index is 2.60. The second kappa shape index (κ2) is 54.7. The number of unbranched alkanes of at least 4 members (excludes halogenated alkanes) is 41. The molecule has 0 saturated carbocycles. The molecule has 1 amide bonds. The van der Waals surface area contributed by atoms with Crippen molar-refractivity contribution in [3.63, 3.8) is 0 Å². The van der Waals surface area contributed by atoms with Crippen molar-refractivity contribution in [3.8, 4) is 0 Å². The van der Waals surface area contributed by atoms with Crippen molar-refractivity contribution in [1.82, 2.24) is 5.32 Å². The van der Waals surface area contributed by atoms with E-state index in [1.54, 1.807) is 6.08 Å². The quantitative estimate of drug-likeness (QED) is 0.0195. The Bertz CT molecular complexity index is 1350. The summed E-state index contributed by atoms with van der Waals surface area (Å²) < 4.78 is 17.7. The van der Waals surface area contributed by atoms with Gasteiger partial charge < -0.3 is 45.1 Å². The molecule has 8 unspecified atom stereocenters. The number of ether oxygens (including phenoxy) is 3. The zero-order chi connectivity index (χ0) is 56.1. The average molecular weight is 1090 g/mol. The molecule has 1 fully saturated rings. The van der Waals surface area contributed by atoms with Gasteiger partial charge in [-0.1, -0.05) is 289 Å². The van der Waals surface area contributed by atoms with E-state index < -0.39 is 67.4 Å². The normalized spacial score (nSPS) is 19.1. The summed E-state index contributed by atoms with van der Waals surface area (Å²) in [5.74, 6) is -1.18. The summed E-state index contributed by atoms with van der Waals surface area (Å²) in [7, 11) is 0. The maximum absolute atomic E-state index is 13.4.